The monoisotopic (exact) mass is 279 g/mol. The summed E-state index contributed by atoms with van der Waals surface area (Å²) in [5.41, 5.74) is 0.390. The van der Waals surface area contributed by atoms with Gasteiger partial charge in [0, 0.05) is 6.20 Å². The number of ether oxygens (including phenoxy) is 1. The van der Waals surface area contributed by atoms with E-state index in [1.54, 1.807) is 40.0 Å². The van der Waals surface area contributed by atoms with Gasteiger partial charge in [-0.25, -0.2) is 9.78 Å². The first-order valence-electron chi connectivity index (χ1n) is 6.40. The average molecular weight is 279 g/mol. The van der Waals surface area contributed by atoms with Gasteiger partial charge in [0.1, 0.15) is 17.5 Å². The fraction of sp³-hybridized carbons (Fsp3) is 0.500. The number of hydrogen-bond acceptors (Lipinski definition) is 4. The van der Waals surface area contributed by atoms with Crippen molar-refractivity contribution in [2.45, 2.75) is 46.3 Å². The van der Waals surface area contributed by atoms with E-state index in [1.165, 1.54) is 0 Å². The zero-order chi connectivity index (χ0) is 15.3. The Morgan fingerprint density at radius 2 is 2.00 bits per heavy atom. The van der Waals surface area contributed by atoms with Gasteiger partial charge in [-0.2, -0.15) is 0 Å². The van der Waals surface area contributed by atoms with Crippen molar-refractivity contribution in [1.29, 1.82) is 0 Å². The molecule has 0 aliphatic carbocycles. The highest BCUT2D eigenvalue weighted by atomic mass is 16.6. The summed E-state index contributed by atoms with van der Waals surface area (Å²) in [6, 6.07) is 2.86. The molecule has 6 heteroatoms. The molecule has 0 fully saturated rings. The first-order chi connectivity index (χ1) is 9.17. The summed E-state index contributed by atoms with van der Waals surface area (Å²) < 4.78 is 5.08. The Kier molecular flexibility index (Phi) is 5.07. The molecule has 0 saturated heterocycles. The van der Waals surface area contributed by atoms with E-state index < -0.39 is 17.7 Å². The second-order valence-corrected chi connectivity index (χ2v) is 5.58. The number of carbonyl (C=O) groups is 2. The third kappa shape index (κ3) is 5.69. The summed E-state index contributed by atoms with van der Waals surface area (Å²) in [6.45, 7) is 8.75. The molecule has 1 aromatic heterocycles. The number of hydrogen-bond donors (Lipinski definition) is 2. The fourth-order valence-electron chi connectivity index (χ4n) is 1.39. The maximum Gasteiger partial charge on any atom is 0.408 e. The molecule has 0 saturated carbocycles. The van der Waals surface area contributed by atoms with Gasteiger partial charge in [-0.3, -0.25) is 4.79 Å². The van der Waals surface area contributed by atoms with Gasteiger partial charge >= 0.3 is 6.09 Å². The number of alkyl carbamates (subject to hydrolysis) is 1. The molecule has 1 heterocycles. The van der Waals surface area contributed by atoms with Crippen molar-refractivity contribution in [3.8, 4) is 0 Å². The first-order valence-corrected chi connectivity index (χ1v) is 6.40. The minimum absolute atomic E-state index is 0.353. The molecule has 110 valence electrons. The van der Waals surface area contributed by atoms with Crippen molar-refractivity contribution >= 4 is 17.8 Å². The lowest BCUT2D eigenvalue weighted by Crippen LogP contribution is -2.44. The summed E-state index contributed by atoms with van der Waals surface area (Å²) >= 11 is 0. The van der Waals surface area contributed by atoms with Crippen LogP contribution in [0.1, 0.15) is 33.3 Å². The highest BCUT2D eigenvalue weighted by Gasteiger charge is 2.21. The van der Waals surface area contributed by atoms with E-state index in [0.717, 1.165) is 5.56 Å². The molecule has 0 radical (unpaired) electrons. The van der Waals surface area contributed by atoms with Gasteiger partial charge in [0.05, 0.1) is 0 Å². The number of aromatic nitrogens is 1. The molecule has 6 nitrogen and oxygen atoms in total. The van der Waals surface area contributed by atoms with Crippen LogP contribution < -0.4 is 10.6 Å². The minimum atomic E-state index is -0.716. The summed E-state index contributed by atoms with van der Waals surface area (Å²) in [5.74, 6) is 0.0989. The van der Waals surface area contributed by atoms with E-state index in [1.807, 2.05) is 13.0 Å². The molecule has 1 aromatic rings. The zero-order valence-electron chi connectivity index (χ0n) is 12.5. The van der Waals surface area contributed by atoms with Crippen molar-refractivity contribution in [2.24, 2.45) is 0 Å². The number of nitrogens with zero attached hydrogens (tertiary/aromatic N) is 1. The fourth-order valence-corrected chi connectivity index (χ4v) is 1.39. The number of carbonyl (C=O) groups excluding carboxylic acids is 2. The van der Waals surface area contributed by atoms with Crippen LogP contribution in [0.4, 0.5) is 10.6 Å². The van der Waals surface area contributed by atoms with Gasteiger partial charge in [-0.1, -0.05) is 0 Å². The highest BCUT2D eigenvalue weighted by Crippen LogP contribution is 2.08. The molecule has 2 amide bonds. The van der Waals surface area contributed by atoms with Crippen LogP contribution in [0.2, 0.25) is 0 Å². The third-order valence-corrected chi connectivity index (χ3v) is 2.29. The molecular weight excluding hydrogens is 258 g/mol. The van der Waals surface area contributed by atoms with Crippen LogP contribution in [-0.4, -0.2) is 28.6 Å². The number of aryl methyl sites for hydroxylation is 1. The Bertz CT molecular complexity index is 495. The normalized spacial score (nSPS) is 12.4. The predicted octanol–water partition coefficient (Wildman–Crippen LogP) is 2.24. The van der Waals surface area contributed by atoms with E-state index >= 15 is 0 Å². The van der Waals surface area contributed by atoms with Crippen LogP contribution in [0.3, 0.4) is 0 Å². The summed E-state index contributed by atoms with van der Waals surface area (Å²) in [4.78, 5) is 27.5. The van der Waals surface area contributed by atoms with Crippen molar-refractivity contribution in [3.63, 3.8) is 0 Å². The lowest BCUT2D eigenvalue weighted by molar-refractivity contribution is -0.117. The van der Waals surface area contributed by atoms with Crippen LogP contribution in [0.5, 0.6) is 0 Å². The van der Waals surface area contributed by atoms with Crippen molar-refractivity contribution in [2.75, 3.05) is 5.32 Å². The smallest absolute Gasteiger partial charge is 0.408 e. The Balaban J connectivity index is 2.53. The van der Waals surface area contributed by atoms with Crippen LogP contribution in [0.25, 0.3) is 0 Å². The van der Waals surface area contributed by atoms with Crippen LogP contribution in [-0.2, 0) is 9.53 Å². The number of anilines is 1. The Hall–Kier alpha value is -2.11. The standard InChI is InChI=1S/C14H21N3O3/c1-9-6-7-15-11(8-9)17-12(18)10(2)16-13(19)20-14(3,4)5/h6-8,10H,1-5H3,(H,16,19)(H,15,17,18). The number of amides is 2. The molecule has 1 unspecified atom stereocenters. The predicted molar refractivity (Wildman–Crippen MR) is 76.4 cm³/mol. The van der Waals surface area contributed by atoms with Gasteiger partial charge in [-0.05, 0) is 52.3 Å². The van der Waals surface area contributed by atoms with Crippen molar-refractivity contribution in [3.05, 3.63) is 23.9 Å². The average Bonchev–Trinajstić information content (AvgIpc) is 2.25. The second kappa shape index (κ2) is 6.36. The zero-order valence-corrected chi connectivity index (χ0v) is 12.5. The summed E-state index contributed by atoms with van der Waals surface area (Å²) in [5, 5.41) is 5.10. The largest absolute Gasteiger partial charge is 0.444 e. The molecule has 1 rings (SSSR count). The van der Waals surface area contributed by atoms with Gasteiger partial charge in [0.2, 0.25) is 5.91 Å². The first kappa shape index (κ1) is 15.9. The van der Waals surface area contributed by atoms with Crippen molar-refractivity contribution in [1.82, 2.24) is 10.3 Å². The van der Waals surface area contributed by atoms with Gasteiger partial charge < -0.3 is 15.4 Å². The molecule has 0 aromatic carbocycles. The maximum atomic E-state index is 11.9. The minimum Gasteiger partial charge on any atom is -0.444 e. The van der Waals surface area contributed by atoms with Crippen molar-refractivity contribution < 1.29 is 14.3 Å². The summed E-state index contributed by atoms with van der Waals surface area (Å²) in [7, 11) is 0. The Morgan fingerprint density at radius 1 is 1.35 bits per heavy atom. The molecular formula is C14H21N3O3. The number of rotatable bonds is 3. The lowest BCUT2D eigenvalue weighted by atomic mass is 10.2. The van der Waals surface area contributed by atoms with Crippen LogP contribution in [0.15, 0.2) is 18.3 Å². The number of nitrogens with one attached hydrogen (secondary N) is 2. The number of pyridine rings is 1. The molecule has 1 atom stereocenters. The quantitative estimate of drug-likeness (QED) is 0.889. The third-order valence-electron chi connectivity index (χ3n) is 2.29. The van der Waals surface area contributed by atoms with Crippen LogP contribution in [0, 0.1) is 6.92 Å². The SMILES string of the molecule is Cc1ccnc(NC(=O)C(C)NC(=O)OC(C)(C)C)c1. The molecule has 0 spiro atoms. The second-order valence-electron chi connectivity index (χ2n) is 5.58. The highest BCUT2D eigenvalue weighted by molar-refractivity contribution is 5.95. The van der Waals surface area contributed by atoms with Gasteiger partial charge in [0.25, 0.3) is 0 Å². The molecule has 20 heavy (non-hydrogen) atoms. The topological polar surface area (TPSA) is 80.3 Å². The summed E-state index contributed by atoms with van der Waals surface area (Å²) in [6.07, 6.45) is 0.981. The molecule has 0 aliphatic rings. The van der Waals surface area contributed by atoms with E-state index in [9.17, 15) is 9.59 Å². The van der Waals surface area contributed by atoms with Crippen LogP contribution >= 0.6 is 0 Å². The van der Waals surface area contributed by atoms with Gasteiger partial charge in [0.15, 0.2) is 0 Å². The van der Waals surface area contributed by atoms with E-state index in [-0.39, 0.29) is 5.91 Å². The Morgan fingerprint density at radius 3 is 2.55 bits per heavy atom. The lowest BCUT2D eigenvalue weighted by Gasteiger charge is -2.21. The maximum absolute atomic E-state index is 11.9. The molecule has 2 N–H and O–H groups in total. The van der Waals surface area contributed by atoms with E-state index in [2.05, 4.69) is 15.6 Å². The molecule has 0 aliphatic heterocycles. The Labute approximate surface area is 118 Å². The van der Waals surface area contributed by atoms with E-state index in [0.29, 0.717) is 5.82 Å². The molecule has 0 bridgehead atoms. The van der Waals surface area contributed by atoms with E-state index in [4.69, 9.17) is 4.74 Å². The van der Waals surface area contributed by atoms with Gasteiger partial charge in [-0.15, -0.1) is 0 Å².